The number of halogens is 1. The molecule has 0 aromatic heterocycles. The second-order valence-corrected chi connectivity index (χ2v) is 6.80. The van der Waals surface area contributed by atoms with Crippen molar-refractivity contribution in [2.24, 2.45) is 0 Å². The molecule has 2 aromatic rings. The summed E-state index contributed by atoms with van der Waals surface area (Å²) in [6.45, 7) is 1.58. The molecular weight excluding hydrogens is 368 g/mol. The molecule has 1 aliphatic heterocycles. The number of rotatable bonds is 5. The molecule has 0 radical (unpaired) electrons. The van der Waals surface area contributed by atoms with Gasteiger partial charge in [0.05, 0.1) is 5.56 Å². The number of nitrogens with one attached hydrogen (secondary N) is 2. The van der Waals surface area contributed by atoms with Gasteiger partial charge in [-0.2, -0.15) is 0 Å². The zero-order valence-electron chi connectivity index (χ0n) is 13.2. The summed E-state index contributed by atoms with van der Waals surface area (Å²) in [6, 6.07) is 14.4. The van der Waals surface area contributed by atoms with Crippen molar-refractivity contribution in [1.29, 1.82) is 0 Å². The van der Waals surface area contributed by atoms with Gasteiger partial charge in [-0.25, -0.2) is 0 Å². The first-order valence-electron chi connectivity index (χ1n) is 8.06. The Morgan fingerprint density at radius 1 is 1.08 bits per heavy atom. The minimum Gasteiger partial charge on any atom is -0.350 e. The highest BCUT2D eigenvalue weighted by Gasteiger charge is 2.20. The molecule has 1 saturated heterocycles. The van der Waals surface area contributed by atoms with Crippen LogP contribution in [-0.2, 0) is 0 Å². The van der Waals surface area contributed by atoms with Crippen LogP contribution in [0.15, 0.2) is 53.0 Å². The van der Waals surface area contributed by atoms with E-state index in [0.717, 1.165) is 23.9 Å². The maximum atomic E-state index is 12.7. The third-order valence-corrected chi connectivity index (χ3v) is 4.72. The van der Waals surface area contributed by atoms with E-state index in [4.69, 9.17) is 0 Å². The molecular formula is C19H19BrN2O2. The van der Waals surface area contributed by atoms with Crippen molar-refractivity contribution < 1.29 is 9.59 Å². The lowest BCUT2D eigenvalue weighted by Gasteiger charge is -2.13. The Hall–Kier alpha value is -1.98. The molecule has 0 saturated carbocycles. The van der Waals surface area contributed by atoms with Crippen molar-refractivity contribution in [2.45, 2.75) is 18.9 Å². The molecule has 124 valence electrons. The molecule has 24 heavy (non-hydrogen) atoms. The van der Waals surface area contributed by atoms with Gasteiger partial charge in [0.25, 0.3) is 5.91 Å². The zero-order valence-corrected chi connectivity index (χ0v) is 14.8. The van der Waals surface area contributed by atoms with Gasteiger partial charge in [0.15, 0.2) is 5.78 Å². The van der Waals surface area contributed by atoms with Crippen LogP contribution in [0, 0.1) is 0 Å². The van der Waals surface area contributed by atoms with Gasteiger partial charge in [-0.1, -0.05) is 34.1 Å². The molecule has 3 rings (SSSR count). The van der Waals surface area contributed by atoms with Crippen molar-refractivity contribution in [3.8, 4) is 0 Å². The first kappa shape index (κ1) is 16.9. The molecule has 0 aliphatic carbocycles. The molecule has 1 amide bonds. The normalized spacial score (nSPS) is 16.8. The van der Waals surface area contributed by atoms with E-state index in [1.54, 1.807) is 36.4 Å². The highest BCUT2D eigenvalue weighted by Crippen LogP contribution is 2.17. The maximum Gasteiger partial charge on any atom is 0.252 e. The summed E-state index contributed by atoms with van der Waals surface area (Å²) in [5.74, 6) is -0.350. The molecule has 0 bridgehead atoms. The van der Waals surface area contributed by atoms with E-state index < -0.39 is 0 Å². The van der Waals surface area contributed by atoms with Crippen LogP contribution in [0.25, 0.3) is 0 Å². The van der Waals surface area contributed by atoms with Gasteiger partial charge in [-0.3, -0.25) is 9.59 Å². The molecule has 1 atom stereocenters. The number of hydrogen-bond acceptors (Lipinski definition) is 3. The fraction of sp³-hybridized carbons (Fsp3) is 0.263. The number of carbonyl (C=O) groups is 2. The number of ketones is 1. The highest BCUT2D eigenvalue weighted by molar-refractivity contribution is 9.10. The molecule has 0 spiro atoms. The minimum absolute atomic E-state index is 0.146. The Labute approximate surface area is 149 Å². The predicted octanol–water partition coefficient (Wildman–Crippen LogP) is 3.16. The Bertz CT molecular complexity index is 737. The number of hydrogen-bond donors (Lipinski definition) is 2. The topological polar surface area (TPSA) is 58.2 Å². The van der Waals surface area contributed by atoms with E-state index in [2.05, 4.69) is 26.6 Å². The lowest BCUT2D eigenvalue weighted by molar-refractivity contribution is 0.0939. The fourth-order valence-corrected chi connectivity index (χ4v) is 3.14. The third-order valence-electron chi connectivity index (χ3n) is 4.19. The Balaban J connectivity index is 1.77. The van der Waals surface area contributed by atoms with Gasteiger partial charge in [0.1, 0.15) is 0 Å². The third kappa shape index (κ3) is 3.91. The van der Waals surface area contributed by atoms with Crippen LogP contribution >= 0.6 is 15.9 Å². The lowest BCUT2D eigenvalue weighted by atomic mass is 9.98. The highest BCUT2D eigenvalue weighted by atomic mass is 79.9. The van der Waals surface area contributed by atoms with E-state index >= 15 is 0 Å². The quantitative estimate of drug-likeness (QED) is 0.775. The molecule has 5 heteroatoms. The molecule has 4 nitrogen and oxygen atoms in total. The summed E-state index contributed by atoms with van der Waals surface area (Å²) in [7, 11) is 0. The Morgan fingerprint density at radius 2 is 1.79 bits per heavy atom. The van der Waals surface area contributed by atoms with Crippen molar-refractivity contribution in [3.05, 3.63) is 69.7 Å². The molecule has 2 N–H and O–H groups in total. The van der Waals surface area contributed by atoms with Gasteiger partial charge in [-0.15, -0.1) is 0 Å². The Morgan fingerprint density at radius 3 is 2.46 bits per heavy atom. The first-order valence-corrected chi connectivity index (χ1v) is 8.85. The average Bonchev–Trinajstić information content (AvgIpc) is 3.13. The van der Waals surface area contributed by atoms with Gasteiger partial charge >= 0.3 is 0 Å². The molecule has 2 aromatic carbocycles. The Kier molecular flexibility index (Phi) is 5.43. The summed E-state index contributed by atoms with van der Waals surface area (Å²) in [5, 5.41) is 6.28. The van der Waals surface area contributed by atoms with Crippen LogP contribution in [0.3, 0.4) is 0 Å². The summed E-state index contributed by atoms with van der Waals surface area (Å²) >= 11 is 3.36. The molecule has 1 aliphatic rings. The zero-order chi connectivity index (χ0) is 16.9. The second-order valence-electron chi connectivity index (χ2n) is 5.88. The van der Waals surface area contributed by atoms with E-state index in [9.17, 15) is 9.59 Å². The van der Waals surface area contributed by atoms with E-state index in [0.29, 0.717) is 29.3 Å². The van der Waals surface area contributed by atoms with E-state index in [-0.39, 0.29) is 11.7 Å². The van der Waals surface area contributed by atoms with Crippen LogP contribution < -0.4 is 10.6 Å². The van der Waals surface area contributed by atoms with E-state index in [1.807, 2.05) is 12.1 Å². The molecule has 1 heterocycles. The van der Waals surface area contributed by atoms with Gasteiger partial charge < -0.3 is 10.6 Å². The summed E-state index contributed by atoms with van der Waals surface area (Å²) in [4.78, 5) is 25.2. The van der Waals surface area contributed by atoms with Gasteiger partial charge in [0.2, 0.25) is 0 Å². The largest absolute Gasteiger partial charge is 0.350 e. The van der Waals surface area contributed by atoms with Crippen LogP contribution in [0.5, 0.6) is 0 Å². The monoisotopic (exact) mass is 386 g/mol. The van der Waals surface area contributed by atoms with Crippen molar-refractivity contribution >= 4 is 27.6 Å². The maximum absolute atomic E-state index is 12.7. The second kappa shape index (κ2) is 7.73. The molecule has 1 fully saturated rings. The number of benzene rings is 2. The SMILES string of the molecule is O=C(NCC1CCCN1)c1ccccc1C(=O)c1ccc(Br)cc1. The fourth-order valence-electron chi connectivity index (χ4n) is 2.88. The predicted molar refractivity (Wildman–Crippen MR) is 97.4 cm³/mol. The minimum atomic E-state index is -0.204. The van der Waals surface area contributed by atoms with Gasteiger partial charge in [-0.05, 0) is 49.7 Å². The van der Waals surface area contributed by atoms with Crippen molar-refractivity contribution in [1.82, 2.24) is 10.6 Å². The average molecular weight is 387 g/mol. The van der Waals surface area contributed by atoms with Crippen LogP contribution in [-0.4, -0.2) is 30.8 Å². The standard InChI is InChI=1S/C19H19BrN2O2/c20-14-9-7-13(8-10-14)18(23)16-5-1-2-6-17(16)19(24)22-12-15-4-3-11-21-15/h1-2,5-10,15,21H,3-4,11-12H2,(H,22,24). The lowest BCUT2D eigenvalue weighted by Crippen LogP contribution is -2.37. The van der Waals surface area contributed by atoms with Crippen LogP contribution in [0.2, 0.25) is 0 Å². The van der Waals surface area contributed by atoms with Gasteiger partial charge in [0, 0.05) is 28.2 Å². The van der Waals surface area contributed by atoms with E-state index in [1.165, 1.54) is 0 Å². The van der Waals surface area contributed by atoms with Crippen molar-refractivity contribution in [2.75, 3.05) is 13.1 Å². The van der Waals surface area contributed by atoms with Crippen molar-refractivity contribution in [3.63, 3.8) is 0 Å². The molecule has 1 unspecified atom stereocenters. The number of amides is 1. The number of carbonyl (C=O) groups excluding carboxylic acids is 2. The summed E-state index contributed by atoms with van der Waals surface area (Å²) < 4.78 is 0.911. The van der Waals surface area contributed by atoms with Crippen LogP contribution in [0.4, 0.5) is 0 Å². The summed E-state index contributed by atoms with van der Waals surface area (Å²) in [6.07, 6.45) is 2.21. The van der Waals surface area contributed by atoms with Crippen LogP contribution in [0.1, 0.15) is 39.1 Å². The summed E-state index contributed by atoms with van der Waals surface area (Å²) in [5.41, 5.74) is 1.41. The first-order chi connectivity index (χ1) is 11.6. The smallest absolute Gasteiger partial charge is 0.252 e.